The Morgan fingerprint density at radius 1 is 1.11 bits per heavy atom. The summed E-state index contributed by atoms with van der Waals surface area (Å²) in [6, 6.07) is 15.8. The van der Waals surface area contributed by atoms with Gasteiger partial charge in [0.05, 0.1) is 36.9 Å². The van der Waals surface area contributed by atoms with Crippen molar-refractivity contribution in [2.45, 2.75) is 19.3 Å². The van der Waals surface area contributed by atoms with Gasteiger partial charge in [0.2, 0.25) is 5.91 Å². The second-order valence-corrected chi connectivity index (χ2v) is 6.51. The lowest BCUT2D eigenvalue weighted by molar-refractivity contribution is -0.141. The quantitative estimate of drug-likeness (QED) is 0.642. The van der Waals surface area contributed by atoms with Crippen LogP contribution in [0.5, 0.6) is 0 Å². The molecule has 28 heavy (non-hydrogen) atoms. The molecular weight excluding hydrogens is 356 g/mol. The molecule has 0 atom stereocenters. The van der Waals surface area contributed by atoms with Gasteiger partial charge in [0.1, 0.15) is 5.69 Å². The summed E-state index contributed by atoms with van der Waals surface area (Å²) in [5, 5.41) is 10.7. The van der Waals surface area contributed by atoms with Gasteiger partial charge in [-0.3, -0.25) is 9.59 Å². The molecule has 0 unspecified atom stereocenters. The number of fused-ring (bicyclic) bond motifs is 1. The highest BCUT2D eigenvalue weighted by molar-refractivity contribution is 6.12. The summed E-state index contributed by atoms with van der Waals surface area (Å²) < 4.78 is 6.50. The number of benzene rings is 1. The minimum atomic E-state index is -0.365. The molecule has 0 saturated carbocycles. The largest absolute Gasteiger partial charge is 0.469 e. The Kier molecular flexibility index (Phi) is 4.89. The molecule has 0 aliphatic carbocycles. The normalized spacial score (nSPS) is 14.2. The molecule has 0 fully saturated rings. The fraction of sp³-hybridized carbons (Fsp3) is 0.238. The van der Waals surface area contributed by atoms with Crippen LogP contribution >= 0.6 is 0 Å². The van der Waals surface area contributed by atoms with Gasteiger partial charge in [-0.2, -0.15) is 10.2 Å². The number of methoxy groups -OCH3 is 1. The zero-order valence-corrected chi connectivity index (χ0v) is 15.5. The van der Waals surface area contributed by atoms with Gasteiger partial charge >= 0.3 is 5.97 Å². The molecule has 4 rings (SSSR count). The molecule has 0 spiro atoms. The molecule has 0 saturated heterocycles. The van der Waals surface area contributed by atoms with Gasteiger partial charge in [-0.25, -0.2) is 9.52 Å². The van der Waals surface area contributed by atoms with Crippen LogP contribution in [-0.4, -0.2) is 45.9 Å². The Bertz CT molecular complexity index is 1060. The van der Waals surface area contributed by atoms with Crippen molar-refractivity contribution in [2.24, 2.45) is 5.10 Å². The van der Waals surface area contributed by atoms with Crippen LogP contribution in [0.4, 0.5) is 0 Å². The summed E-state index contributed by atoms with van der Waals surface area (Å²) in [4.78, 5) is 23.7. The first kappa shape index (κ1) is 17.9. The maximum absolute atomic E-state index is 12.3. The molecule has 2 aromatic heterocycles. The first-order valence-electron chi connectivity index (χ1n) is 9.15. The average Bonchev–Trinajstić information content (AvgIpc) is 3.13. The number of hydrogen-bond donors (Lipinski definition) is 0. The maximum atomic E-state index is 12.3. The van der Waals surface area contributed by atoms with Crippen molar-refractivity contribution in [1.82, 2.24) is 14.6 Å². The number of hydrogen-bond acceptors (Lipinski definition) is 5. The van der Waals surface area contributed by atoms with Crippen LogP contribution in [0.3, 0.4) is 0 Å². The van der Waals surface area contributed by atoms with E-state index in [1.165, 1.54) is 12.1 Å². The molecule has 1 aromatic carbocycles. The third-order valence-corrected chi connectivity index (χ3v) is 4.74. The zero-order chi connectivity index (χ0) is 19.5. The number of ether oxygens (including phenoxy) is 1. The number of nitrogens with zero attached hydrogens (tertiary/aromatic N) is 4. The zero-order valence-electron chi connectivity index (χ0n) is 15.5. The fourth-order valence-corrected chi connectivity index (χ4v) is 3.34. The van der Waals surface area contributed by atoms with E-state index in [4.69, 9.17) is 5.10 Å². The molecule has 1 amide bonds. The van der Waals surface area contributed by atoms with Crippen LogP contribution in [0, 0.1) is 0 Å². The van der Waals surface area contributed by atoms with Gasteiger partial charge < -0.3 is 4.74 Å². The van der Waals surface area contributed by atoms with Crippen molar-refractivity contribution in [3.8, 4) is 11.3 Å². The lowest BCUT2D eigenvalue weighted by Gasteiger charge is -2.23. The highest BCUT2D eigenvalue weighted by atomic mass is 16.5. The van der Waals surface area contributed by atoms with Crippen molar-refractivity contribution in [1.29, 1.82) is 0 Å². The summed E-state index contributed by atoms with van der Waals surface area (Å²) in [5.41, 5.74) is 4.46. The second-order valence-electron chi connectivity index (χ2n) is 6.51. The van der Waals surface area contributed by atoms with Crippen LogP contribution in [0.1, 0.15) is 24.8 Å². The lowest BCUT2D eigenvalue weighted by Crippen LogP contribution is -2.33. The standard InChI is InChI=1S/C21H20N4O3/c1-28-19(27)12-14-25-18(26)11-10-16(22-25)20-17-9-5-6-13-24(17)23-21(20)15-7-3-2-4-8-15/h2-9,13H,10-12,14H2,1H3. The number of esters is 1. The second kappa shape index (κ2) is 7.64. The van der Waals surface area contributed by atoms with E-state index in [9.17, 15) is 9.59 Å². The summed E-state index contributed by atoms with van der Waals surface area (Å²) in [6.45, 7) is 0.203. The van der Waals surface area contributed by atoms with Crippen molar-refractivity contribution >= 4 is 23.1 Å². The molecule has 3 heterocycles. The van der Waals surface area contributed by atoms with E-state index in [1.807, 2.05) is 59.2 Å². The van der Waals surface area contributed by atoms with Crippen LogP contribution in [0.2, 0.25) is 0 Å². The Morgan fingerprint density at radius 3 is 2.68 bits per heavy atom. The Labute approximate surface area is 162 Å². The van der Waals surface area contributed by atoms with Crippen molar-refractivity contribution < 1.29 is 14.3 Å². The first-order valence-corrected chi connectivity index (χ1v) is 9.15. The van der Waals surface area contributed by atoms with Crippen molar-refractivity contribution in [3.05, 3.63) is 60.3 Å². The lowest BCUT2D eigenvalue weighted by atomic mass is 9.99. The van der Waals surface area contributed by atoms with E-state index in [-0.39, 0.29) is 24.8 Å². The Hall–Kier alpha value is -3.48. The van der Waals surface area contributed by atoms with Crippen molar-refractivity contribution in [2.75, 3.05) is 13.7 Å². The topological polar surface area (TPSA) is 76.3 Å². The monoisotopic (exact) mass is 376 g/mol. The van der Waals surface area contributed by atoms with Crippen LogP contribution < -0.4 is 0 Å². The van der Waals surface area contributed by atoms with Crippen LogP contribution in [0.25, 0.3) is 16.8 Å². The van der Waals surface area contributed by atoms with E-state index >= 15 is 0 Å². The number of rotatable bonds is 5. The number of carbonyl (C=O) groups excluding carboxylic acids is 2. The number of amides is 1. The van der Waals surface area contributed by atoms with Gasteiger partial charge in [0.25, 0.3) is 0 Å². The van der Waals surface area contributed by atoms with Gasteiger partial charge in [-0.05, 0) is 12.1 Å². The first-order chi connectivity index (χ1) is 13.7. The van der Waals surface area contributed by atoms with Gasteiger partial charge in [0, 0.05) is 24.6 Å². The highest BCUT2D eigenvalue weighted by Crippen LogP contribution is 2.29. The van der Waals surface area contributed by atoms with E-state index in [2.05, 4.69) is 9.84 Å². The Morgan fingerprint density at radius 2 is 1.89 bits per heavy atom. The number of hydrazone groups is 1. The van der Waals surface area contributed by atoms with Crippen LogP contribution in [-0.2, 0) is 14.3 Å². The molecule has 0 N–H and O–H groups in total. The van der Waals surface area contributed by atoms with Crippen LogP contribution in [0.15, 0.2) is 59.8 Å². The fourth-order valence-electron chi connectivity index (χ4n) is 3.34. The smallest absolute Gasteiger partial charge is 0.307 e. The third-order valence-electron chi connectivity index (χ3n) is 4.74. The summed E-state index contributed by atoms with van der Waals surface area (Å²) in [7, 11) is 1.33. The van der Waals surface area contributed by atoms with E-state index in [0.717, 1.165) is 28.0 Å². The summed E-state index contributed by atoms with van der Waals surface area (Å²) in [5.74, 6) is -0.457. The van der Waals surface area contributed by atoms with E-state index in [1.54, 1.807) is 0 Å². The number of pyridine rings is 1. The minimum Gasteiger partial charge on any atom is -0.469 e. The molecule has 1 aliphatic heterocycles. The van der Waals surface area contributed by atoms with E-state index in [0.29, 0.717) is 12.8 Å². The molecule has 0 radical (unpaired) electrons. The van der Waals surface area contributed by atoms with Gasteiger partial charge in [-0.1, -0.05) is 36.4 Å². The molecular formula is C21H20N4O3. The van der Waals surface area contributed by atoms with Gasteiger partial charge in [0.15, 0.2) is 0 Å². The predicted octanol–water partition coefficient (Wildman–Crippen LogP) is 2.89. The predicted molar refractivity (Wildman–Crippen MR) is 105 cm³/mol. The average molecular weight is 376 g/mol. The minimum absolute atomic E-state index is 0.0922. The Balaban J connectivity index is 1.79. The number of aromatic nitrogens is 2. The summed E-state index contributed by atoms with van der Waals surface area (Å²) >= 11 is 0. The maximum Gasteiger partial charge on any atom is 0.307 e. The highest BCUT2D eigenvalue weighted by Gasteiger charge is 2.26. The van der Waals surface area contributed by atoms with E-state index < -0.39 is 0 Å². The molecule has 0 bridgehead atoms. The summed E-state index contributed by atoms with van der Waals surface area (Å²) in [6.07, 6.45) is 2.89. The number of carbonyl (C=O) groups is 2. The third kappa shape index (κ3) is 3.38. The molecule has 7 nitrogen and oxygen atoms in total. The molecule has 142 valence electrons. The molecule has 3 aromatic rings. The van der Waals surface area contributed by atoms with Crippen molar-refractivity contribution in [3.63, 3.8) is 0 Å². The molecule has 7 heteroatoms. The SMILES string of the molecule is COC(=O)CCN1N=C(c2c(-c3ccccc3)nn3ccccc23)CCC1=O. The molecule has 1 aliphatic rings. The van der Waals surface area contributed by atoms with Gasteiger partial charge in [-0.15, -0.1) is 0 Å².